The zero-order valence-electron chi connectivity index (χ0n) is 16.8. The van der Waals surface area contributed by atoms with E-state index in [0.29, 0.717) is 31.7 Å². The minimum absolute atomic E-state index is 0.0515. The Morgan fingerprint density at radius 2 is 1.57 bits per heavy atom. The first-order valence-electron chi connectivity index (χ1n) is 9.34. The Bertz CT molecular complexity index is 909. The van der Waals surface area contributed by atoms with Crippen LogP contribution in [-0.4, -0.2) is 58.6 Å². The van der Waals surface area contributed by atoms with Crippen molar-refractivity contribution >= 4 is 12.0 Å². The minimum Gasteiger partial charge on any atom is -0.444 e. The smallest absolute Gasteiger partial charge is 0.416 e. The molecule has 1 fully saturated rings. The molecule has 2 aromatic rings. The van der Waals surface area contributed by atoms with Gasteiger partial charge in [-0.25, -0.2) is 9.78 Å². The molecule has 10 heteroatoms. The highest BCUT2D eigenvalue weighted by molar-refractivity contribution is 5.92. The maximum atomic E-state index is 12.7. The molecule has 1 aliphatic heterocycles. The summed E-state index contributed by atoms with van der Waals surface area (Å²) in [5, 5.41) is 0. The van der Waals surface area contributed by atoms with Crippen molar-refractivity contribution in [1.82, 2.24) is 14.8 Å². The fraction of sp³-hybridized carbons (Fsp3) is 0.450. The first-order valence-corrected chi connectivity index (χ1v) is 9.34. The topological polar surface area (TPSA) is 75.9 Å². The summed E-state index contributed by atoms with van der Waals surface area (Å²) < 4.78 is 48.6. The summed E-state index contributed by atoms with van der Waals surface area (Å²) in [6.45, 7) is 6.60. The van der Waals surface area contributed by atoms with Gasteiger partial charge in [0.05, 0.1) is 5.56 Å². The van der Waals surface area contributed by atoms with Gasteiger partial charge in [0.25, 0.3) is 5.91 Å². The molecular weight excluding hydrogens is 403 g/mol. The molecule has 2 heterocycles. The Kier molecular flexibility index (Phi) is 5.78. The highest BCUT2D eigenvalue weighted by Crippen LogP contribution is 2.30. The second-order valence-electron chi connectivity index (χ2n) is 7.87. The summed E-state index contributed by atoms with van der Waals surface area (Å²) in [7, 11) is 0. The Balaban J connectivity index is 1.61. The van der Waals surface area contributed by atoms with Gasteiger partial charge < -0.3 is 19.0 Å². The van der Waals surface area contributed by atoms with E-state index in [2.05, 4.69) is 4.98 Å². The van der Waals surface area contributed by atoms with Gasteiger partial charge in [-0.05, 0) is 45.0 Å². The second-order valence-corrected chi connectivity index (χ2v) is 7.87. The molecule has 0 radical (unpaired) electrons. The van der Waals surface area contributed by atoms with Crippen molar-refractivity contribution in [3.63, 3.8) is 0 Å². The lowest BCUT2D eigenvalue weighted by Gasteiger charge is -2.35. The third kappa shape index (κ3) is 5.11. The zero-order valence-corrected chi connectivity index (χ0v) is 16.8. The Labute approximate surface area is 171 Å². The number of carbonyl (C=O) groups excluding carboxylic acids is 2. The summed E-state index contributed by atoms with van der Waals surface area (Å²) in [6.07, 6.45) is -3.69. The van der Waals surface area contributed by atoms with Crippen molar-refractivity contribution < 1.29 is 31.9 Å². The van der Waals surface area contributed by atoms with Gasteiger partial charge in [-0.1, -0.05) is 0 Å². The minimum atomic E-state index is -4.43. The quantitative estimate of drug-likeness (QED) is 0.726. The van der Waals surface area contributed by atoms with Crippen LogP contribution in [0.5, 0.6) is 0 Å². The lowest BCUT2D eigenvalue weighted by Crippen LogP contribution is -2.51. The Hall–Kier alpha value is -3.04. The molecule has 1 aromatic heterocycles. The molecule has 3 rings (SSSR count). The number of alkyl halides is 3. The summed E-state index contributed by atoms with van der Waals surface area (Å²) >= 11 is 0. The van der Waals surface area contributed by atoms with Crippen LogP contribution in [0, 0.1) is 0 Å². The van der Waals surface area contributed by atoms with Crippen LogP contribution in [-0.2, 0) is 10.9 Å². The molecule has 0 saturated carbocycles. The fourth-order valence-electron chi connectivity index (χ4n) is 2.89. The number of hydrogen-bond donors (Lipinski definition) is 0. The van der Waals surface area contributed by atoms with Crippen LogP contribution in [0.15, 0.2) is 34.9 Å². The number of aromatic nitrogens is 1. The number of benzene rings is 1. The summed E-state index contributed by atoms with van der Waals surface area (Å²) in [5.41, 5.74) is -0.996. The molecule has 30 heavy (non-hydrogen) atoms. The van der Waals surface area contributed by atoms with E-state index < -0.39 is 23.4 Å². The number of amides is 2. The summed E-state index contributed by atoms with van der Waals surface area (Å²) in [4.78, 5) is 31.9. The van der Waals surface area contributed by atoms with E-state index in [-0.39, 0.29) is 17.5 Å². The molecule has 7 nitrogen and oxygen atoms in total. The van der Waals surface area contributed by atoms with Crippen molar-refractivity contribution in [3.05, 3.63) is 41.8 Å². The average Bonchev–Trinajstić information content (AvgIpc) is 3.16. The standard InChI is InChI=1S/C20H22F3N3O4/c1-19(2,3)30-18(28)26-10-8-25(9-11-26)17(27)15-12-29-16(24-15)13-4-6-14(7-5-13)20(21,22)23/h4-7,12H,8-11H2,1-3H3. The van der Waals surface area contributed by atoms with Gasteiger partial charge in [-0.15, -0.1) is 0 Å². The number of nitrogens with zero attached hydrogens (tertiary/aromatic N) is 3. The van der Waals surface area contributed by atoms with Crippen LogP contribution in [0.4, 0.5) is 18.0 Å². The van der Waals surface area contributed by atoms with E-state index in [0.717, 1.165) is 12.1 Å². The van der Waals surface area contributed by atoms with Crippen molar-refractivity contribution in [2.24, 2.45) is 0 Å². The predicted octanol–water partition coefficient (Wildman–Crippen LogP) is 4.05. The summed E-state index contributed by atoms with van der Waals surface area (Å²) in [6, 6.07) is 4.33. The third-order valence-electron chi connectivity index (χ3n) is 4.40. The van der Waals surface area contributed by atoms with E-state index in [4.69, 9.17) is 9.15 Å². The number of ether oxygens (including phenoxy) is 1. The van der Waals surface area contributed by atoms with Crippen LogP contribution in [0.1, 0.15) is 36.8 Å². The predicted molar refractivity (Wildman–Crippen MR) is 101 cm³/mol. The van der Waals surface area contributed by atoms with Crippen molar-refractivity contribution in [3.8, 4) is 11.5 Å². The molecule has 2 amide bonds. The SMILES string of the molecule is CC(C)(C)OC(=O)N1CCN(C(=O)c2coc(-c3ccc(C(F)(F)F)cc3)n2)CC1. The molecule has 0 atom stereocenters. The number of rotatable bonds is 2. The molecule has 1 aromatic carbocycles. The van der Waals surface area contributed by atoms with E-state index in [9.17, 15) is 22.8 Å². The third-order valence-corrected chi connectivity index (χ3v) is 4.40. The number of halogens is 3. The van der Waals surface area contributed by atoms with Crippen LogP contribution < -0.4 is 0 Å². The molecule has 1 aliphatic rings. The molecular formula is C20H22F3N3O4. The van der Waals surface area contributed by atoms with Gasteiger partial charge in [0, 0.05) is 31.7 Å². The number of oxazole rings is 1. The van der Waals surface area contributed by atoms with Crippen LogP contribution in [0.3, 0.4) is 0 Å². The van der Waals surface area contributed by atoms with E-state index in [1.165, 1.54) is 28.2 Å². The lowest BCUT2D eigenvalue weighted by molar-refractivity contribution is -0.137. The Morgan fingerprint density at radius 3 is 2.10 bits per heavy atom. The Morgan fingerprint density at radius 1 is 1.00 bits per heavy atom. The van der Waals surface area contributed by atoms with Crippen LogP contribution in [0.2, 0.25) is 0 Å². The van der Waals surface area contributed by atoms with Gasteiger partial charge in [-0.3, -0.25) is 4.79 Å². The second kappa shape index (κ2) is 8.00. The van der Waals surface area contributed by atoms with Crippen LogP contribution >= 0.6 is 0 Å². The fourth-order valence-corrected chi connectivity index (χ4v) is 2.89. The summed E-state index contributed by atoms with van der Waals surface area (Å²) in [5.74, 6) is -0.319. The normalized spacial score (nSPS) is 15.3. The monoisotopic (exact) mass is 425 g/mol. The van der Waals surface area contributed by atoms with Gasteiger partial charge in [0.2, 0.25) is 5.89 Å². The van der Waals surface area contributed by atoms with E-state index in [1.54, 1.807) is 20.8 Å². The first-order chi connectivity index (χ1) is 13.9. The molecule has 0 unspecified atom stereocenters. The van der Waals surface area contributed by atoms with Gasteiger partial charge in [0.1, 0.15) is 11.9 Å². The molecule has 162 valence electrons. The maximum absolute atomic E-state index is 12.7. The van der Waals surface area contributed by atoms with Crippen molar-refractivity contribution in [2.75, 3.05) is 26.2 Å². The zero-order chi connectivity index (χ0) is 22.1. The molecule has 1 saturated heterocycles. The number of piperazine rings is 1. The van der Waals surface area contributed by atoms with Crippen molar-refractivity contribution in [2.45, 2.75) is 32.5 Å². The molecule has 0 spiro atoms. The van der Waals surface area contributed by atoms with Gasteiger partial charge >= 0.3 is 12.3 Å². The largest absolute Gasteiger partial charge is 0.444 e. The van der Waals surface area contributed by atoms with E-state index >= 15 is 0 Å². The maximum Gasteiger partial charge on any atom is 0.416 e. The van der Waals surface area contributed by atoms with E-state index in [1.807, 2.05) is 0 Å². The number of hydrogen-bond acceptors (Lipinski definition) is 5. The van der Waals surface area contributed by atoms with Gasteiger partial charge in [0.15, 0.2) is 5.69 Å². The highest BCUT2D eigenvalue weighted by Gasteiger charge is 2.31. The lowest BCUT2D eigenvalue weighted by atomic mass is 10.1. The molecule has 0 N–H and O–H groups in total. The highest BCUT2D eigenvalue weighted by atomic mass is 19.4. The van der Waals surface area contributed by atoms with Crippen molar-refractivity contribution in [1.29, 1.82) is 0 Å². The first kappa shape index (κ1) is 21.7. The molecule has 0 aliphatic carbocycles. The van der Waals surface area contributed by atoms with Gasteiger partial charge in [-0.2, -0.15) is 13.2 Å². The average molecular weight is 425 g/mol. The van der Waals surface area contributed by atoms with Crippen LogP contribution in [0.25, 0.3) is 11.5 Å². The molecule has 0 bridgehead atoms. The number of carbonyl (C=O) groups is 2.